The van der Waals surface area contributed by atoms with Gasteiger partial charge in [-0.15, -0.1) is 6.42 Å². The molecule has 98 valence electrons. The van der Waals surface area contributed by atoms with Crippen LogP contribution in [0.1, 0.15) is 13.3 Å². The average Bonchev–Trinajstić information content (AvgIpc) is 2.36. The van der Waals surface area contributed by atoms with Crippen molar-refractivity contribution < 1.29 is 13.2 Å². The summed E-state index contributed by atoms with van der Waals surface area (Å²) in [5.41, 5.74) is 0. The summed E-state index contributed by atoms with van der Waals surface area (Å²) in [6.45, 7) is 1.81. The quantitative estimate of drug-likeness (QED) is 0.841. The normalized spacial score (nSPS) is 12.8. The van der Waals surface area contributed by atoms with Gasteiger partial charge in [0, 0.05) is 4.47 Å². The second kappa shape index (κ2) is 6.23. The van der Waals surface area contributed by atoms with E-state index in [0.29, 0.717) is 10.9 Å². The fraction of sp³-hybridized carbons (Fsp3) is 0.333. The number of ether oxygens (including phenoxy) is 1. The summed E-state index contributed by atoms with van der Waals surface area (Å²) < 4.78 is 32.5. The Morgan fingerprint density at radius 3 is 2.72 bits per heavy atom. The Morgan fingerprint density at radius 2 is 2.22 bits per heavy atom. The van der Waals surface area contributed by atoms with Crippen LogP contribution in [-0.2, 0) is 10.0 Å². The van der Waals surface area contributed by atoms with Crippen LogP contribution in [0.4, 0.5) is 0 Å². The number of sulfonamides is 1. The van der Waals surface area contributed by atoms with Gasteiger partial charge in [0.2, 0.25) is 10.0 Å². The first-order chi connectivity index (χ1) is 8.44. The molecule has 1 atom stereocenters. The highest BCUT2D eigenvalue weighted by molar-refractivity contribution is 9.10. The van der Waals surface area contributed by atoms with Gasteiger partial charge in [-0.2, -0.15) is 4.72 Å². The van der Waals surface area contributed by atoms with Gasteiger partial charge in [0.15, 0.2) is 0 Å². The SMILES string of the molecule is C#CC(CC)NS(=O)(=O)c1cc(Br)ccc1OC. The minimum Gasteiger partial charge on any atom is -0.495 e. The van der Waals surface area contributed by atoms with Gasteiger partial charge >= 0.3 is 0 Å². The highest BCUT2D eigenvalue weighted by Gasteiger charge is 2.22. The van der Waals surface area contributed by atoms with E-state index in [-0.39, 0.29) is 10.6 Å². The third kappa shape index (κ3) is 3.48. The van der Waals surface area contributed by atoms with Crippen LogP contribution >= 0.6 is 15.9 Å². The second-order valence-corrected chi connectivity index (χ2v) is 6.14. The number of hydrogen-bond donors (Lipinski definition) is 1. The molecule has 0 saturated heterocycles. The number of nitrogens with one attached hydrogen (secondary N) is 1. The van der Waals surface area contributed by atoms with Gasteiger partial charge in [-0.05, 0) is 24.6 Å². The van der Waals surface area contributed by atoms with E-state index in [4.69, 9.17) is 11.2 Å². The molecule has 0 fully saturated rings. The number of benzene rings is 1. The van der Waals surface area contributed by atoms with Crippen LogP contribution in [0.5, 0.6) is 5.75 Å². The predicted octanol–water partition coefficient (Wildman–Crippen LogP) is 2.15. The van der Waals surface area contributed by atoms with E-state index in [9.17, 15) is 8.42 Å². The number of rotatable bonds is 5. The number of terminal acetylenes is 1. The molecule has 1 unspecified atom stereocenters. The lowest BCUT2D eigenvalue weighted by Gasteiger charge is -2.14. The van der Waals surface area contributed by atoms with E-state index < -0.39 is 16.1 Å². The fourth-order valence-corrected chi connectivity index (χ4v) is 3.29. The summed E-state index contributed by atoms with van der Waals surface area (Å²) in [5.74, 6) is 2.66. The van der Waals surface area contributed by atoms with E-state index in [1.165, 1.54) is 13.2 Å². The van der Waals surface area contributed by atoms with Crippen LogP contribution in [0.15, 0.2) is 27.6 Å². The summed E-state index contributed by atoms with van der Waals surface area (Å²) >= 11 is 3.23. The highest BCUT2D eigenvalue weighted by atomic mass is 79.9. The first kappa shape index (κ1) is 15.0. The topological polar surface area (TPSA) is 55.4 Å². The Morgan fingerprint density at radius 1 is 1.56 bits per heavy atom. The Kier molecular flexibility index (Phi) is 5.20. The molecule has 1 aromatic rings. The monoisotopic (exact) mass is 331 g/mol. The van der Waals surface area contributed by atoms with Gasteiger partial charge in [-0.1, -0.05) is 28.8 Å². The van der Waals surface area contributed by atoms with Crippen LogP contribution in [-0.4, -0.2) is 21.6 Å². The van der Waals surface area contributed by atoms with Crippen molar-refractivity contribution in [2.75, 3.05) is 7.11 Å². The molecule has 18 heavy (non-hydrogen) atoms. The van der Waals surface area contributed by atoms with Crippen LogP contribution in [0.2, 0.25) is 0 Å². The largest absolute Gasteiger partial charge is 0.495 e. The van der Waals surface area contributed by atoms with Crippen molar-refractivity contribution in [3.8, 4) is 18.1 Å². The van der Waals surface area contributed by atoms with Crippen molar-refractivity contribution in [3.05, 3.63) is 22.7 Å². The van der Waals surface area contributed by atoms with E-state index in [0.717, 1.165) is 0 Å². The van der Waals surface area contributed by atoms with Gasteiger partial charge in [0.25, 0.3) is 0 Å². The Labute approximate surface area is 116 Å². The Hall–Kier alpha value is -1.03. The lowest BCUT2D eigenvalue weighted by atomic mass is 10.3. The molecule has 1 N–H and O–H groups in total. The molecule has 0 aromatic heterocycles. The first-order valence-corrected chi connectivity index (χ1v) is 7.54. The molecule has 0 bridgehead atoms. The third-order valence-corrected chi connectivity index (χ3v) is 4.31. The van der Waals surface area contributed by atoms with Crippen molar-refractivity contribution in [3.63, 3.8) is 0 Å². The molecule has 4 nitrogen and oxygen atoms in total. The minimum atomic E-state index is -3.70. The lowest BCUT2D eigenvalue weighted by molar-refractivity contribution is 0.402. The van der Waals surface area contributed by atoms with Crippen LogP contribution in [0.3, 0.4) is 0 Å². The second-order valence-electron chi connectivity index (χ2n) is 3.54. The molecule has 0 aliphatic heterocycles. The molecule has 1 aromatic carbocycles. The average molecular weight is 332 g/mol. The van der Waals surface area contributed by atoms with Crippen molar-refractivity contribution in [1.82, 2.24) is 4.72 Å². The summed E-state index contributed by atoms with van der Waals surface area (Å²) in [6, 6.07) is 4.23. The van der Waals surface area contributed by atoms with E-state index >= 15 is 0 Å². The molecule has 0 amide bonds. The minimum absolute atomic E-state index is 0.0630. The molecular weight excluding hydrogens is 318 g/mol. The molecule has 6 heteroatoms. The van der Waals surface area contributed by atoms with Gasteiger partial charge in [0.05, 0.1) is 13.2 Å². The van der Waals surface area contributed by atoms with Crippen molar-refractivity contribution in [2.24, 2.45) is 0 Å². The summed E-state index contributed by atoms with van der Waals surface area (Å²) in [4.78, 5) is 0.0630. The van der Waals surface area contributed by atoms with Crippen LogP contribution in [0, 0.1) is 12.3 Å². The molecule has 0 aliphatic carbocycles. The maximum atomic E-state index is 12.2. The van der Waals surface area contributed by atoms with Crippen LogP contribution in [0.25, 0.3) is 0 Å². The number of methoxy groups -OCH3 is 1. The molecule has 0 spiro atoms. The molecule has 0 heterocycles. The number of halogens is 1. The van der Waals surface area contributed by atoms with E-state index in [1.807, 2.05) is 6.92 Å². The van der Waals surface area contributed by atoms with Crippen molar-refractivity contribution in [2.45, 2.75) is 24.3 Å². The predicted molar refractivity (Wildman–Crippen MR) is 73.9 cm³/mol. The Bertz CT molecular complexity index is 563. The van der Waals surface area contributed by atoms with E-state index in [1.54, 1.807) is 12.1 Å². The third-order valence-electron chi connectivity index (χ3n) is 2.32. The zero-order valence-corrected chi connectivity index (χ0v) is 12.5. The van der Waals surface area contributed by atoms with Gasteiger partial charge in [-0.3, -0.25) is 0 Å². The van der Waals surface area contributed by atoms with Gasteiger partial charge in [-0.25, -0.2) is 8.42 Å². The lowest BCUT2D eigenvalue weighted by Crippen LogP contribution is -2.33. The molecule has 0 aliphatic rings. The maximum absolute atomic E-state index is 12.2. The zero-order chi connectivity index (χ0) is 13.8. The summed E-state index contributed by atoms with van der Waals surface area (Å²) in [7, 11) is -2.28. The number of hydrogen-bond acceptors (Lipinski definition) is 3. The zero-order valence-electron chi connectivity index (χ0n) is 10.1. The molecule has 0 saturated carbocycles. The molecule has 0 radical (unpaired) electrons. The summed E-state index contributed by atoms with van der Waals surface area (Å²) in [6.07, 6.45) is 5.77. The van der Waals surface area contributed by atoms with Crippen LogP contribution < -0.4 is 9.46 Å². The smallest absolute Gasteiger partial charge is 0.245 e. The highest BCUT2D eigenvalue weighted by Crippen LogP contribution is 2.27. The molecular formula is C12H14BrNO3S. The maximum Gasteiger partial charge on any atom is 0.245 e. The standard InChI is InChI=1S/C12H14BrNO3S/c1-4-10(5-2)14-18(15,16)12-8-9(13)6-7-11(12)17-3/h1,6-8,10,14H,5H2,2-3H3. The fourth-order valence-electron chi connectivity index (χ4n) is 1.35. The van der Waals surface area contributed by atoms with Gasteiger partial charge < -0.3 is 4.74 Å². The first-order valence-electron chi connectivity index (χ1n) is 5.26. The van der Waals surface area contributed by atoms with E-state index in [2.05, 4.69) is 26.6 Å². The van der Waals surface area contributed by atoms with Crippen molar-refractivity contribution in [1.29, 1.82) is 0 Å². The summed E-state index contributed by atoms with van der Waals surface area (Å²) in [5, 5.41) is 0. The molecule has 1 rings (SSSR count). The van der Waals surface area contributed by atoms with Gasteiger partial charge in [0.1, 0.15) is 10.6 Å². The Balaban J connectivity index is 3.20. The van der Waals surface area contributed by atoms with Crippen molar-refractivity contribution >= 4 is 26.0 Å².